The zero-order chi connectivity index (χ0) is 23.7. The van der Waals surface area contributed by atoms with Crippen molar-refractivity contribution >= 4 is 33.2 Å². The maximum absolute atomic E-state index is 13.7. The molecule has 0 aliphatic rings. The van der Waals surface area contributed by atoms with E-state index in [1.165, 1.54) is 19.3 Å². The van der Waals surface area contributed by atoms with Crippen LogP contribution in [0.3, 0.4) is 0 Å². The second-order valence-electron chi connectivity index (χ2n) is 8.75. The molecule has 7 nitrogen and oxygen atoms in total. The topological polar surface area (TPSA) is 74.8 Å². The van der Waals surface area contributed by atoms with E-state index in [4.69, 9.17) is 19.7 Å². The standard InChI is InChI=1S/C27H29N5O2/c1-4-5-6-7-10-15-31-17-28-25-23(27(31)33)24-26(30-20-12-9-8-11-19(20)29-24)32(25)21-16-18(2)13-14-22(21)34-3/h8-9,11-14,16-17H,4-7,10,15H2,1-3H3. The molecule has 0 bridgehead atoms. The predicted octanol–water partition coefficient (Wildman–Crippen LogP) is 5.57. The fourth-order valence-electron chi connectivity index (χ4n) is 4.52. The van der Waals surface area contributed by atoms with Crippen molar-refractivity contribution in [3.05, 3.63) is 64.7 Å². The number of hydrogen-bond donors (Lipinski definition) is 0. The highest BCUT2D eigenvalue weighted by molar-refractivity contribution is 6.06. The second-order valence-corrected chi connectivity index (χ2v) is 8.75. The fraction of sp³-hybridized carbons (Fsp3) is 0.333. The Balaban J connectivity index is 1.77. The average Bonchev–Trinajstić information content (AvgIpc) is 3.17. The van der Waals surface area contributed by atoms with Crippen LogP contribution in [-0.4, -0.2) is 31.2 Å². The van der Waals surface area contributed by atoms with E-state index in [0.717, 1.165) is 35.1 Å². The summed E-state index contributed by atoms with van der Waals surface area (Å²) in [6.07, 6.45) is 7.31. The zero-order valence-corrected chi connectivity index (χ0v) is 19.9. The molecule has 0 unspecified atom stereocenters. The second kappa shape index (κ2) is 9.25. The smallest absolute Gasteiger partial charge is 0.265 e. The molecule has 0 fully saturated rings. The van der Waals surface area contributed by atoms with Crippen molar-refractivity contribution in [1.82, 2.24) is 24.1 Å². The first-order valence-corrected chi connectivity index (χ1v) is 11.9. The van der Waals surface area contributed by atoms with E-state index >= 15 is 0 Å². The van der Waals surface area contributed by atoms with Crippen LogP contribution in [0.1, 0.15) is 44.6 Å². The number of aryl methyl sites for hydroxylation is 2. The third kappa shape index (κ3) is 3.81. The van der Waals surface area contributed by atoms with E-state index in [-0.39, 0.29) is 5.56 Å². The third-order valence-electron chi connectivity index (χ3n) is 6.31. The maximum Gasteiger partial charge on any atom is 0.265 e. The minimum absolute atomic E-state index is 0.0829. The molecule has 0 amide bonds. The fourth-order valence-corrected chi connectivity index (χ4v) is 4.52. The monoisotopic (exact) mass is 455 g/mol. The van der Waals surface area contributed by atoms with E-state index < -0.39 is 0 Å². The Morgan fingerprint density at radius 1 is 0.941 bits per heavy atom. The molecule has 0 aliphatic carbocycles. The van der Waals surface area contributed by atoms with Crippen molar-refractivity contribution < 1.29 is 4.74 Å². The van der Waals surface area contributed by atoms with Crippen LogP contribution in [0.25, 0.3) is 38.9 Å². The van der Waals surface area contributed by atoms with E-state index in [1.54, 1.807) is 18.0 Å². The summed E-state index contributed by atoms with van der Waals surface area (Å²) in [6.45, 7) is 4.87. The summed E-state index contributed by atoms with van der Waals surface area (Å²) in [6, 6.07) is 13.7. The molecule has 3 aromatic heterocycles. The molecule has 5 rings (SSSR count). The number of ether oxygens (including phenoxy) is 1. The van der Waals surface area contributed by atoms with Crippen LogP contribution in [-0.2, 0) is 6.54 Å². The number of para-hydroxylation sites is 2. The Kier molecular flexibility index (Phi) is 6.01. The van der Waals surface area contributed by atoms with Gasteiger partial charge in [-0.1, -0.05) is 50.8 Å². The Morgan fingerprint density at radius 2 is 1.71 bits per heavy atom. The van der Waals surface area contributed by atoms with Crippen LogP contribution in [0, 0.1) is 6.92 Å². The van der Waals surface area contributed by atoms with Gasteiger partial charge in [-0.3, -0.25) is 13.9 Å². The highest BCUT2D eigenvalue weighted by Crippen LogP contribution is 2.33. The quantitative estimate of drug-likeness (QED) is 0.286. The highest BCUT2D eigenvalue weighted by Gasteiger charge is 2.22. The molecule has 3 heterocycles. The molecule has 0 radical (unpaired) electrons. The van der Waals surface area contributed by atoms with Crippen molar-refractivity contribution in [2.75, 3.05) is 7.11 Å². The number of rotatable bonds is 8. The van der Waals surface area contributed by atoms with Crippen LogP contribution < -0.4 is 10.3 Å². The molecule has 0 atom stereocenters. The van der Waals surface area contributed by atoms with Crippen molar-refractivity contribution in [2.24, 2.45) is 0 Å². The van der Waals surface area contributed by atoms with Gasteiger partial charge in [0.25, 0.3) is 5.56 Å². The number of nitrogens with zero attached hydrogens (tertiary/aromatic N) is 5. The lowest BCUT2D eigenvalue weighted by atomic mass is 10.1. The summed E-state index contributed by atoms with van der Waals surface area (Å²) in [5.41, 5.74) is 5.00. The summed E-state index contributed by atoms with van der Waals surface area (Å²) in [7, 11) is 1.64. The molecule has 174 valence electrons. The molecule has 0 saturated carbocycles. The summed E-state index contributed by atoms with van der Waals surface area (Å²) in [5.74, 6) is 0.682. The van der Waals surface area contributed by atoms with Crippen LogP contribution in [0.15, 0.2) is 53.6 Å². The van der Waals surface area contributed by atoms with Crippen molar-refractivity contribution in [1.29, 1.82) is 0 Å². The van der Waals surface area contributed by atoms with E-state index in [1.807, 2.05) is 54.0 Å². The van der Waals surface area contributed by atoms with Gasteiger partial charge in [-0.25, -0.2) is 15.0 Å². The lowest BCUT2D eigenvalue weighted by Crippen LogP contribution is -2.21. The summed E-state index contributed by atoms with van der Waals surface area (Å²) < 4.78 is 9.28. The van der Waals surface area contributed by atoms with Gasteiger partial charge in [-0.05, 0) is 43.2 Å². The molecule has 0 N–H and O–H groups in total. The number of aromatic nitrogens is 5. The van der Waals surface area contributed by atoms with Gasteiger partial charge < -0.3 is 4.74 Å². The Morgan fingerprint density at radius 3 is 2.47 bits per heavy atom. The van der Waals surface area contributed by atoms with Gasteiger partial charge in [0.15, 0.2) is 11.3 Å². The zero-order valence-electron chi connectivity index (χ0n) is 19.9. The van der Waals surface area contributed by atoms with Crippen molar-refractivity contribution in [2.45, 2.75) is 52.5 Å². The van der Waals surface area contributed by atoms with E-state index in [9.17, 15) is 4.79 Å². The molecule has 5 aromatic rings. The lowest BCUT2D eigenvalue weighted by Gasteiger charge is -2.12. The van der Waals surface area contributed by atoms with Gasteiger partial charge in [-0.15, -0.1) is 0 Å². The Labute approximate surface area is 198 Å². The molecule has 7 heteroatoms. The first-order chi connectivity index (χ1) is 16.6. The van der Waals surface area contributed by atoms with Gasteiger partial charge in [0.05, 0.1) is 30.2 Å². The van der Waals surface area contributed by atoms with E-state index in [0.29, 0.717) is 34.5 Å². The van der Waals surface area contributed by atoms with Crippen LogP contribution >= 0.6 is 0 Å². The Hall–Kier alpha value is -3.74. The largest absolute Gasteiger partial charge is 0.495 e. The van der Waals surface area contributed by atoms with Gasteiger partial charge >= 0.3 is 0 Å². The number of methoxy groups -OCH3 is 1. The van der Waals surface area contributed by atoms with Crippen LogP contribution in [0.4, 0.5) is 0 Å². The lowest BCUT2D eigenvalue weighted by molar-refractivity contribution is 0.413. The van der Waals surface area contributed by atoms with E-state index in [2.05, 4.69) is 6.92 Å². The maximum atomic E-state index is 13.7. The van der Waals surface area contributed by atoms with Gasteiger partial charge in [0.1, 0.15) is 16.7 Å². The predicted molar refractivity (Wildman–Crippen MR) is 136 cm³/mol. The number of fused-ring (bicyclic) bond motifs is 4. The first kappa shape index (κ1) is 22.1. The van der Waals surface area contributed by atoms with Gasteiger partial charge in [0.2, 0.25) is 0 Å². The molecule has 0 saturated heterocycles. The Bertz CT molecular complexity index is 1550. The van der Waals surface area contributed by atoms with Crippen molar-refractivity contribution in [3.63, 3.8) is 0 Å². The van der Waals surface area contributed by atoms with Crippen LogP contribution in [0.5, 0.6) is 5.75 Å². The number of unbranched alkanes of at least 4 members (excludes halogenated alkanes) is 4. The third-order valence-corrected chi connectivity index (χ3v) is 6.31. The van der Waals surface area contributed by atoms with Gasteiger partial charge in [-0.2, -0.15) is 0 Å². The number of benzene rings is 2. The van der Waals surface area contributed by atoms with Crippen molar-refractivity contribution in [3.8, 4) is 11.4 Å². The molecular formula is C27H29N5O2. The summed E-state index contributed by atoms with van der Waals surface area (Å²) >= 11 is 0. The molecule has 0 aliphatic heterocycles. The summed E-state index contributed by atoms with van der Waals surface area (Å²) in [4.78, 5) is 28.2. The van der Waals surface area contributed by atoms with Gasteiger partial charge in [0, 0.05) is 6.54 Å². The SMILES string of the molecule is CCCCCCCn1cnc2c(c1=O)c1nc3ccccc3nc1n2-c1cc(C)ccc1OC. The average molecular weight is 456 g/mol. The molecular weight excluding hydrogens is 426 g/mol. The minimum atomic E-state index is -0.0829. The molecule has 2 aromatic carbocycles. The minimum Gasteiger partial charge on any atom is -0.495 e. The molecule has 0 spiro atoms. The first-order valence-electron chi connectivity index (χ1n) is 11.9. The number of hydrogen-bond acceptors (Lipinski definition) is 5. The molecule has 34 heavy (non-hydrogen) atoms. The highest BCUT2D eigenvalue weighted by atomic mass is 16.5. The normalized spacial score (nSPS) is 11.6. The van der Waals surface area contributed by atoms with Crippen LogP contribution in [0.2, 0.25) is 0 Å². The summed E-state index contributed by atoms with van der Waals surface area (Å²) in [5, 5.41) is 0.493.